The molecule has 2 rings (SSSR count). The Morgan fingerprint density at radius 3 is 2.86 bits per heavy atom. The van der Waals surface area contributed by atoms with Crippen LogP contribution in [0.3, 0.4) is 0 Å². The van der Waals surface area contributed by atoms with Gasteiger partial charge >= 0.3 is 6.09 Å². The maximum Gasteiger partial charge on any atom is 0.410 e. The topological polar surface area (TPSA) is 59.5 Å². The minimum atomic E-state index is -0.619. The van der Waals surface area contributed by atoms with Gasteiger partial charge in [0.15, 0.2) is 5.78 Å². The standard InChI is InChI=1S/C16H20N2O3/c1-4-21-15(20)18-10-12(14(19)16(2,3)11-18)9-13-7-5-6-8-17-13/h5-9H,4,10-11H2,1-3H3/b12-9+. The molecule has 5 heteroatoms. The van der Waals surface area contributed by atoms with Crippen LogP contribution < -0.4 is 0 Å². The second-order valence-electron chi connectivity index (χ2n) is 5.69. The second-order valence-corrected chi connectivity index (χ2v) is 5.69. The summed E-state index contributed by atoms with van der Waals surface area (Å²) in [4.78, 5) is 30.2. The van der Waals surface area contributed by atoms with Crippen LogP contribution in [0.4, 0.5) is 4.79 Å². The van der Waals surface area contributed by atoms with Crippen LogP contribution in [0.25, 0.3) is 6.08 Å². The molecule has 1 saturated heterocycles. The van der Waals surface area contributed by atoms with Gasteiger partial charge in [0, 0.05) is 23.7 Å². The van der Waals surface area contributed by atoms with Crippen molar-refractivity contribution >= 4 is 18.0 Å². The Hall–Kier alpha value is -2.17. The van der Waals surface area contributed by atoms with Gasteiger partial charge < -0.3 is 9.64 Å². The van der Waals surface area contributed by atoms with E-state index in [0.29, 0.717) is 24.4 Å². The van der Waals surface area contributed by atoms with Crippen LogP contribution in [0.15, 0.2) is 30.0 Å². The predicted molar refractivity (Wildman–Crippen MR) is 79.6 cm³/mol. The summed E-state index contributed by atoms with van der Waals surface area (Å²) in [5.74, 6) is 0.0497. The highest BCUT2D eigenvalue weighted by Gasteiger charge is 2.39. The van der Waals surface area contributed by atoms with Gasteiger partial charge in [-0.25, -0.2) is 4.79 Å². The van der Waals surface area contributed by atoms with Gasteiger partial charge in [0.05, 0.1) is 18.8 Å². The number of ether oxygens (including phenoxy) is 1. The number of pyridine rings is 1. The molecule has 5 nitrogen and oxygen atoms in total. The molecular weight excluding hydrogens is 268 g/mol. The number of amides is 1. The Morgan fingerprint density at radius 2 is 2.24 bits per heavy atom. The van der Waals surface area contributed by atoms with Gasteiger partial charge in [0.25, 0.3) is 0 Å². The molecule has 0 atom stereocenters. The molecule has 1 fully saturated rings. The lowest BCUT2D eigenvalue weighted by Gasteiger charge is -2.37. The number of hydrogen-bond donors (Lipinski definition) is 0. The van der Waals surface area contributed by atoms with E-state index < -0.39 is 5.41 Å². The third-order valence-corrected chi connectivity index (χ3v) is 3.39. The number of likely N-dealkylation sites (tertiary alicyclic amines) is 1. The molecule has 1 aliphatic rings. The van der Waals surface area contributed by atoms with Gasteiger partial charge in [-0.05, 0) is 25.1 Å². The predicted octanol–water partition coefficient (Wildman–Crippen LogP) is 2.53. The number of rotatable bonds is 2. The molecule has 1 amide bonds. The van der Waals surface area contributed by atoms with Crippen molar-refractivity contribution < 1.29 is 14.3 Å². The quantitative estimate of drug-likeness (QED) is 0.785. The first kappa shape index (κ1) is 15.2. The van der Waals surface area contributed by atoms with Gasteiger partial charge in [-0.3, -0.25) is 9.78 Å². The first-order chi connectivity index (χ1) is 9.94. The number of piperidine rings is 1. The second kappa shape index (κ2) is 6.08. The summed E-state index contributed by atoms with van der Waals surface area (Å²) in [5, 5.41) is 0. The maximum absolute atomic E-state index is 12.5. The molecule has 0 aromatic carbocycles. The normalized spacial score (nSPS) is 19.7. The fraction of sp³-hybridized carbons (Fsp3) is 0.438. The van der Waals surface area contributed by atoms with E-state index in [0.717, 1.165) is 0 Å². The zero-order chi connectivity index (χ0) is 15.5. The lowest BCUT2D eigenvalue weighted by molar-refractivity contribution is -0.126. The summed E-state index contributed by atoms with van der Waals surface area (Å²) in [6, 6.07) is 5.51. The van der Waals surface area contributed by atoms with E-state index in [4.69, 9.17) is 4.74 Å². The summed E-state index contributed by atoms with van der Waals surface area (Å²) in [5.41, 5.74) is 0.673. The first-order valence-corrected chi connectivity index (χ1v) is 7.02. The number of aromatic nitrogens is 1. The average molecular weight is 288 g/mol. The highest BCUT2D eigenvalue weighted by atomic mass is 16.6. The highest BCUT2D eigenvalue weighted by Crippen LogP contribution is 2.29. The Labute approximate surface area is 124 Å². The van der Waals surface area contributed by atoms with E-state index in [1.165, 1.54) is 0 Å². The van der Waals surface area contributed by atoms with Crippen LogP contribution in [0, 0.1) is 5.41 Å². The maximum atomic E-state index is 12.5. The fourth-order valence-corrected chi connectivity index (χ4v) is 2.41. The molecule has 1 aromatic rings. The van der Waals surface area contributed by atoms with E-state index in [1.807, 2.05) is 32.0 Å². The van der Waals surface area contributed by atoms with Crippen LogP contribution in [0.2, 0.25) is 0 Å². The lowest BCUT2D eigenvalue weighted by Crippen LogP contribution is -2.50. The highest BCUT2D eigenvalue weighted by molar-refractivity contribution is 6.04. The Morgan fingerprint density at radius 1 is 1.48 bits per heavy atom. The summed E-state index contributed by atoms with van der Waals surface area (Å²) < 4.78 is 5.04. The molecule has 0 N–H and O–H groups in total. The summed E-state index contributed by atoms with van der Waals surface area (Å²) in [6.45, 7) is 6.40. The molecule has 0 bridgehead atoms. The SMILES string of the molecule is CCOC(=O)N1C/C(=C\c2ccccn2)C(=O)C(C)(C)C1. The van der Waals surface area contributed by atoms with Crippen LogP contribution >= 0.6 is 0 Å². The summed E-state index contributed by atoms with van der Waals surface area (Å²) in [7, 11) is 0. The zero-order valence-electron chi connectivity index (χ0n) is 12.6. The molecule has 0 saturated carbocycles. The molecule has 21 heavy (non-hydrogen) atoms. The van der Waals surface area contributed by atoms with Gasteiger partial charge in [0.1, 0.15) is 0 Å². The summed E-state index contributed by atoms with van der Waals surface area (Å²) in [6.07, 6.45) is 3.04. The third-order valence-electron chi connectivity index (χ3n) is 3.39. The number of Topliss-reactive ketones (excluding diaryl/α,β-unsaturated/α-hetero) is 1. The largest absolute Gasteiger partial charge is 0.450 e. The van der Waals surface area contributed by atoms with Crippen molar-refractivity contribution in [2.45, 2.75) is 20.8 Å². The monoisotopic (exact) mass is 288 g/mol. The molecule has 0 unspecified atom stereocenters. The summed E-state index contributed by atoms with van der Waals surface area (Å²) >= 11 is 0. The van der Waals surface area contributed by atoms with Crippen LogP contribution in [-0.4, -0.2) is 41.5 Å². The number of nitrogens with zero attached hydrogens (tertiary/aromatic N) is 2. The Kier molecular flexibility index (Phi) is 4.40. The van der Waals surface area contributed by atoms with Crippen LogP contribution in [0.5, 0.6) is 0 Å². The van der Waals surface area contributed by atoms with Crippen molar-refractivity contribution in [3.63, 3.8) is 0 Å². The van der Waals surface area contributed by atoms with Crippen molar-refractivity contribution in [1.29, 1.82) is 0 Å². The number of ketones is 1. The molecule has 112 valence electrons. The first-order valence-electron chi connectivity index (χ1n) is 7.02. The Balaban J connectivity index is 2.29. The molecule has 0 aliphatic carbocycles. The molecule has 1 aromatic heterocycles. The number of hydrogen-bond acceptors (Lipinski definition) is 4. The van der Waals surface area contributed by atoms with Crippen molar-refractivity contribution in [3.8, 4) is 0 Å². The molecule has 2 heterocycles. The van der Waals surface area contributed by atoms with E-state index in [2.05, 4.69) is 4.98 Å². The van der Waals surface area contributed by atoms with E-state index in [-0.39, 0.29) is 18.4 Å². The van der Waals surface area contributed by atoms with Crippen molar-refractivity contribution in [1.82, 2.24) is 9.88 Å². The fourth-order valence-electron chi connectivity index (χ4n) is 2.41. The van der Waals surface area contributed by atoms with Gasteiger partial charge in [0.2, 0.25) is 0 Å². The molecule has 0 radical (unpaired) electrons. The van der Waals surface area contributed by atoms with Crippen molar-refractivity contribution in [3.05, 3.63) is 35.7 Å². The average Bonchev–Trinajstić information content (AvgIpc) is 2.45. The smallest absolute Gasteiger partial charge is 0.410 e. The Bertz CT molecular complexity index is 564. The lowest BCUT2D eigenvalue weighted by atomic mass is 9.80. The molecule has 0 spiro atoms. The minimum Gasteiger partial charge on any atom is -0.450 e. The van der Waals surface area contributed by atoms with E-state index in [9.17, 15) is 9.59 Å². The van der Waals surface area contributed by atoms with Crippen LogP contribution in [-0.2, 0) is 9.53 Å². The van der Waals surface area contributed by atoms with E-state index in [1.54, 1.807) is 24.1 Å². The number of carbonyl (C=O) groups is 2. The van der Waals surface area contributed by atoms with E-state index >= 15 is 0 Å². The zero-order valence-corrected chi connectivity index (χ0v) is 12.6. The minimum absolute atomic E-state index is 0.0497. The molecular formula is C16H20N2O3. The van der Waals surface area contributed by atoms with Crippen LogP contribution in [0.1, 0.15) is 26.5 Å². The van der Waals surface area contributed by atoms with Gasteiger partial charge in [-0.15, -0.1) is 0 Å². The number of carbonyl (C=O) groups excluding carboxylic acids is 2. The van der Waals surface area contributed by atoms with Crippen molar-refractivity contribution in [2.24, 2.45) is 5.41 Å². The third kappa shape index (κ3) is 3.48. The van der Waals surface area contributed by atoms with Gasteiger partial charge in [-0.2, -0.15) is 0 Å². The molecule has 1 aliphatic heterocycles. The van der Waals surface area contributed by atoms with Gasteiger partial charge in [-0.1, -0.05) is 19.9 Å². The van der Waals surface area contributed by atoms with Crippen molar-refractivity contribution in [2.75, 3.05) is 19.7 Å².